The molecule has 0 aliphatic rings. The van der Waals surface area contributed by atoms with E-state index in [-0.39, 0.29) is 17.9 Å². The number of hydrogen-bond acceptors (Lipinski definition) is 7. The zero-order chi connectivity index (χ0) is 26.5. The molecule has 10 nitrogen and oxygen atoms in total. The molecule has 37 heavy (non-hydrogen) atoms. The summed E-state index contributed by atoms with van der Waals surface area (Å²) in [6, 6.07) is 13.9. The van der Waals surface area contributed by atoms with E-state index in [2.05, 4.69) is 26.0 Å². The summed E-state index contributed by atoms with van der Waals surface area (Å²) in [7, 11) is 1.59. The normalized spacial score (nSPS) is 11.5. The molecule has 0 unspecified atom stereocenters. The number of hydrogen-bond donors (Lipinski definition) is 3. The van der Waals surface area contributed by atoms with E-state index in [1.54, 1.807) is 54.2 Å². The Hall–Kier alpha value is -4.75. The number of carbonyl (C=O) groups is 2. The summed E-state index contributed by atoms with van der Waals surface area (Å²) in [5.74, 6) is -0.0261. The second-order valence-corrected chi connectivity index (χ2v) is 8.70. The maximum atomic E-state index is 12.8. The van der Waals surface area contributed by atoms with Crippen molar-refractivity contribution in [2.75, 3.05) is 24.4 Å². The van der Waals surface area contributed by atoms with Crippen LogP contribution in [0.3, 0.4) is 0 Å². The third-order valence-electron chi connectivity index (χ3n) is 5.87. The van der Waals surface area contributed by atoms with Gasteiger partial charge in [-0.3, -0.25) is 9.59 Å². The van der Waals surface area contributed by atoms with Crippen LogP contribution >= 0.6 is 0 Å². The van der Waals surface area contributed by atoms with Crippen LogP contribution in [0.2, 0.25) is 0 Å². The van der Waals surface area contributed by atoms with Crippen LogP contribution in [0.1, 0.15) is 44.3 Å². The summed E-state index contributed by atoms with van der Waals surface area (Å²) in [5, 5.41) is 22.5. The van der Waals surface area contributed by atoms with Crippen LogP contribution in [0.5, 0.6) is 0 Å². The van der Waals surface area contributed by atoms with E-state index >= 15 is 0 Å². The highest BCUT2D eigenvalue weighted by molar-refractivity contribution is 6.05. The number of rotatable bonds is 8. The fourth-order valence-corrected chi connectivity index (χ4v) is 3.97. The number of fused-ring (bicyclic) bond motifs is 1. The maximum absolute atomic E-state index is 12.8. The zero-order valence-corrected chi connectivity index (χ0v) is 21.0. The largest absolute Gasteiger partial charge is 0.383 e. The van der Waals surface area contributed by atoms with E-state index in [0.717, 1.165) is 16.8 Å². The molecule has 2 aromatic heterocycles. The summed E-state index contributed by atoms with van der Waals surface area (Å²) < 4.78 is 6.72. The van der Waals surface area contributed by atoms with Crippen LogP contribution in [0, 0.1) is 25.2 Å². The molecule has 0 radical (unpaired) electrons. The lowest BCUT2D eigenvalue weighted by atomic mass is 10.1. The van der Waals surface area contributed by atoms with Crippen LogP contribution in [0.15, 0.2) is 55.0 Å². The third-order valence-corrected chi connectivity index (χ3v) is 5.87. The average molecular weight is 498 g/mol. The second-order valence-electron chi connectivity index (χ2n) is 8.70. The Morgan fingerprint density at radius 3 is 2.73 bits per heavy atom. The summed E-state index contributed by atoms with van der Waals surface area (Å²) >= 11 is 0. The first-order chi connectivity index (χ1) is 17.8. The van der Waals surface area contributed by atoms with Gasteiger partial charge in [-0.25, -0.2) is 9.50 Å². The highest BCUT2D eigenvalue weighted by Crippen LogP contribution is 2.28. The van der Waals surface area contributed by atoms with E-state index in [9.17, 15) is 9.59 Å². The summed E-state index contributed by atoms with van der Waals surface area (Å²) in [4.78, 5) is 30.0. The lowest BCUT2D eigenvalue weighted by Gasteiger charge is -2.13. The Labute approximate surface area is 214 Å². The van der Waals surface area contributed by atoms with E-state index in [1.807, 2.05) is 32.9 Å². The lowest BCUT2D eigenvalue weighted by molar-refractivity contribution is 0.0904. The smallest absolute Gasteiger partial charge is 0.255 e. The Balaban J connectivity index is 1.60. The molecule has 188 valence electrons. The van der Waals surface area contributed by atoms with Gasteiger partial charge in [0.25, 0.3) is 11.8 Å². The van der Waals surface area contributed by atoms with Crippen molar-refractivity contribution in [3.8, 4) is 6.07 Å². The summed E-state index contributed by atoms with van der Waals surface area (Å²) in [5.41, 5.74) is 4.91. The van der Waals surface area contributed by atoms with Crippen LogP contribution in [0.25, 0.3) is 5.52 Å². The van der Waals surface area contributed by atoms with Gasteiger partial charge in [-0.05, 0) is 62.2 Å². The Kier molecular flexibility index (Phi) is 7.46. The van der Waals surface area contributed by atoms with Gasteiger partial charge in [0.2, 0.25) is 0 Å². The molecule has 0 aliphatic carbocycles. The quantitative estimate of drug-likeness (QED) is 0.335. The number of amides is 2. The van der Waals surface area contributed by atoms with Gasteiger partial charge in [0.05, 0.1) is 23.8 Å². The number of methoxy groups -OCH3 is 1. The Morgan fingerprint density at radius 1 is 1.16 bits per heavy atom. The number of ether oxygens (including phenoxy) is 1. The predicted octanol–water partition coefficient (Wildman–Crippen LogP) is 3.98. The number of nitriles is 1. The summed E-state index contributed by atoms with van der Waals surface area (Å²) in [6.45, 7) is 6.05. The zero-order valence-electron chi connectivity index (χ0n) is 21.0. The topological polar surface area (TPSA) is 133 Å². The van der Waals surface area contributed by atoms with Gasteiger partial charge >= 0.3 is 0 Å². The van der Waals surface area contributed by atoms with E-state index < -0.39 is 0 Å². The third kappa shape index (κ3) is 5.58. The van der Waals surface area contributed by atoms with Crippen LogP contribution in [-0.2, 0) is 4.74 Å². The van der Waals surface area contributed by atoms with Gasteiger partial charge in [-0.15, -0.1) is 0 Å². The fraction of sp³-hybridized carbons (Fsp3) is 0.222. The molecule has 0 aliphatic heterocycles. The molecule has 2 heterocycles. The molecule has 0 bridgehead atoms. The minimum Gasteiger partial charge on any atom is -0.383 e. The maximum Gasteiger partial charge on any atom is 0.255 e. The highest BCUT2D eigenvalue weighted by Gasteiger charge is 2.20. The molecule has 4 rings (SSSR count). The number of nitrogens with zero attached hydrogens (tertiary/aromatic N) is 4. The van der Waals surface area contributed by atoms with Crippen LogP contribution in [0.4, 0.5) is 17.2 Å². The Bertz CT molecular complexity index is 1520. The van der Waals surface area contributed by atoms with E-state index in [1.165, 1.54) is 6.33 Å². The van der Waals surface area contributed by atoms with E-state index in [4.69, 9.17) is 10.00 Å². The first kappa shape index (κ1) is 25.3. The Morgan fingerprint density at radius 2 is 1.97 bits per heavy atom. The van der Waals surface area contributed by atoms with Crippen molar-refractivity contribution in [3.05, 3.63) is 82.8 Å². The molecular formula is C27H27N7O3. The van der Waals surface area contributed by atoms with Crippen molar-refractivity contribution >= 4 is 34.5 Å². The number of carbonyl (C=O) groups excluding carboxylic acids is 2. The van der Waals surface area contributed by atoms with Gasteiger partial charge in [0, 0.05) is 36.3 Å². The fourth-order valence-electron chi connectivity index (χ4n) is 3.97. The lowest BCUT2D eigenvalue weighted by Crippen LogP contribution is -2.35. The molecule has 2 amide bonds. The number of nitrogens with one attached hydrogen (secondary N) is 3. The van der Waals surface area contributed by atoms with Gasteiger partial charge in [0.15, 0.2) is 5.82 Å². The van der Waals surface area contributed by atoms with Crippen molar-refractivity contribution in [2.24, 2.45) is 0 Å². The van der Waals surface area contributed by atoms with Crippen molar-refractivity contribution < 1.29 is 14.3 Å². The average Bonchev–Trinajstić information content (AvgIpc) is 3.23. The molecule has 10 heteroatoms. The van der Waals surface area contributed by atoms with Gasteiger partial charge in [0.1, 0.15) is 11.8 Å². The molecule has 2 aromatic carbocycles. The van der Waals surface area contributed by atoms with Gasteiger partial charge < -0.3 is 20.7 Å². The van der Waals surface area contributed by atoms with Crippen LogP contribution in [-0.4, -0.2) is 46.2 Å². The minimum absolute atomic E-state index is 0.147. The van der Waals surface area contributed by atoms with E-state index in [0.29, 0.717) is 40.3 Å². The van der Waals surface area contributed by atoms with Crippen molar-refractivity contribution in [1.82, 2.24) is 19.9 Å². The van der Waals surface area contributed by atoms with Crippen molar-refractivity contribution in [2.45, 2.75) is 26.8 Å². The number of aromatic nitrogens is 3. The first-order valence-corrected chi connectivity index (χ1v) is 11.6. The SMILES string of the molecule is COC[C@H](C)NC(=O)c1cn2ncnc(Nc3cc(NC(=O)c4cccc(C#N)c4)ccc3C)c2c1C. The number of benzene rings is 2. The summed E-state index contributed by atoms with van der Waals surface area (Å²) in [6.07, 6.45) is 3.08. The molecule has 1 atom stereocenters. The monoisotopic (exact) mass is 497 g/mol. The molecule has 0 fully saturated rings. The molecule has 0 saturated heterocycles. The number of anilines is 3. The first-order valence-electron chi connectivity index (χ1n) is 11.6. The number of aryl methyl sites for hydroxylation is 2. The minimum atomic E-state index is -0.322. The van der Waals surface area contributed by atoms with Crippen molar-refractivity contribution in [1.29, 1.82) is 5.26 Å². The molecule has 3 N–H and O–H groups in total. The second kappa shape index (κ2) is 10.9. The molecule has 4 aromatic rings. The molecule has 0 spiro atoms. The standard InChI is InChI=1S/C27H27N7O3/c1-16-8-9-21(32-26(35)20-7-5-6-19(10-20)12-28)11-23(16)33-25-24-18(3)22(13-34(24)30-15-29-25)27(36)31-17(2)14-37-4/h5-11,13,15,17H,14H2,1-4H3,(H,31,36)(H,32,35)(H,29,30,33)/t17-/m0/s1. The van der Waals surface area contributed by atoms with Crippen LogP contribution < -0.4 is 16.0 Å². The molecular weight excluding hydrogens is 470 g/mol. The van der Waals surface area contributed by atoms with Gasteiger partial charge in [-0.2, -0.15) is 10.4 Å². The van der Waals surface area contributed by atoms with Gasteiger partial charge in [-0.1, -0.05) is 12.1 Å². The highest BCUT2D eigenvalue weighted by atomic mass is 16.5. The van der Waals surface area contributed by atoms with Crippen molar-refractivity contribution in [3.63, 3.8) is 0 Å². The predicted molar refractivity (Wildman–Crippen MR) is 140 cm³/mol. The molecule has 0 saturated carbocycles.